The Morgan fingerprint density at radius 2 is 1.15 bits per heavy atom. The van der Waals surface area contributed by atoms with Crippen molar-refractivity contribution in [3.05, 3.63) is 11.3 Å². The molecule has 41 heavy (non-hydrogen) atoms. The maximum Gasteiger partial charge on any atom is 0 e. The Labute approximate surface area is 489 Å². The first-order chi connectivity index (χ1) is 11.9. The van der Waals surface area contributed by atoms with Crippen LogP contribution in [0.4, 0.5) is 0 Å². The smallest absolute Gasteiger partial charge is 0 e. The van der Waals surface area contributed by atoms with Crippen molar-refractivity contribution in [1.29, 1.82) is 0 Å². The Bertz CT molecular complexity index is 648. The minimum absolute atomic E-state index is 0. The second-order valence-electron chi connectivity index (χ2n) is 9.21. The van der Waals surface area contributed by atoms with E-state index in [0.29, 0.717) is 17.3 Å². The summed E-state index contributed by atoms with van der Waals surface area (Å²) in [5, 5.41) is 11.3. The van der Waals surface area contributed by atoms with E-state index >= 15 is 0 Å². The predicted molar refractivity (Wildman–Crippen MR) is 94.8 cm³/mol. The van der Waals surface area contributed by atoms with Gasteiger partial charge in [-0.05, 0) is 0 Å². The molecular formula is C21H32O3W17. The third-order valence-electron chi connectivity index (χ3n) is 8.34. The van der Waals surface area contributed by atoms with E-state index < -0.39 is 0 Å². The monoisotopic (exact) mass is 3460 g/mol. The number of fused-ring (bicyclic) bond motifs is 5. The zero-order chi connectivity index (χ0) is 18.0. The van der Waals surface area contributed by atoms with Gasteiger partial charge >= 0.3 is 163 Å². The van der Waals surface area contributed by atoms with Crippen molar-refractivity contribution in [2.24, 2.45) is 28.6 Å². The molecule has 0 aromatic heterocycles. The predicted octanol–water partition coefficient (Wildman–Crippen LogP) is 3.59. The van der Waals surface area contributed by atoms with Gasteiger partial charge in [-0.1, -0.05) is 0 Å². The summed E-state index contributed by atoms with van der Waals surface area (Å²) in [5.74, 6) is 2.89. The molecule has 236 valence electrons. The Kier molecular flexibility index (Phi) is 88.3. The van der Waals surface area contributed by atoms with Crippen LogP contribution in [-0.4, -0.2) is 35.4 Å². The molecule has 4 rings (SSSR count). The second-order valence-corrected chi connectivity index (χ2v) is 11.0. The van der Waals surface area contributed by atoms with Crippen LogP contribution in [0.15, 0.2) is 11.3 Å². The molecule has 3 saturated carbocycles. The first-order valence-corrected chi connectivity index (χ1v) is 11.3. The molecule has 3 nitrogen and oxygen atoms in total. The third-order valence-corrected chi connectivity index (χ3v) is 10.7. The van der Waals surface area contributed by atoms with Gasteiger partial charge in [0, 0.05) is 337 Å². The molecule has 20 heteroatoms. The Balaban J connectivity index is -0.0000000445. The summed E-state index contributed by atoms with van der Waals surface area (Å²) in [6.45, 7) is 4.86. The molecule has 6 unspecified atom stereocenters. The normalized spacial score (nSPS) is 30.2. The van der Waals surface area contributed by atoms with Gasteiger partial charge in [0.05, 0.1) is 0 Å². The van der Waals surface area contributed by atoms with E-state index in [4.69, 9.17) is 9.47 Å². The third kappa shape index (κ3) is 19.2. The molecule has 0 saturated heterocycles. The average Bonchev–Trinajstić information content (AvgIpc) is 2.87. The van der Waals surface area contributed by atoms with Crippen LogP contribution >= 0.6 is 0 Å². The molecule has 0 aromatic rings. The fourth-order valence-electron chi connectivity index (χ4n) is 7.18. The van der Waals surface area contributed by atoms with Crippen molar-refractivity contribution < 1.29 is 371 Å². The van der Waals surface area contributed by atoms with Gasteiger partial charge < -0.3 is 0 Å². The van der Waals surface area contributed by atoms with E-state index in [0.717, 1.165) is 37.4 Å². The molecule has 0 amide bonds. The fourth-order valence-corrected chi connectivity index (χ4v) is 8.45. The van der Waals surface area contributed by atoms with Gasteiger partial charge in [0.2, 0.25) is 0 Å². The maximum absolute atomic E-state index is 11.3. The molecule has 0 heterocycles. The van der Waals surface area contributed by atoms with E-state index in [1.54, 1.807) is 37.5 Å². The van der Waals surface area contributed by atoms with Crippen LogP contribution < -0.4 is 0 Å². The molecule has 4 aliphatic rings. The van der Waals surface area contributed by atoms with Gasteiger partial charge in [0.1, 0.15) is 0 Å². The van der Waals surface area contributed by atoms with Crippen LogP contribution in [0.3, 0.4) is 0 Å². The number of rotatable bonds is 2. The van der Waals surface area contributed by atoms with Crippen LogP contribution in [0.1, 0.15) is 58.8 Å². The van der Waals surface area contributed by atoms with Gasteiger partial charge in [-0.2, -0.15) is 0 Å². The van der Waals surface area contributed by atoms with Crippen molar-refractivity contribution in [2.75, 3.05) is 14.2 Å². The number of allylic oxidation sites excluding steroid dienone is 1. The van der Waals surface area contributed by atoms with Gasteiger partial charge in [-0.3, -0.25) is 0 Å². The first-order valence-electron chi connectivity index (χ1n) is 9.88. The van der Waals surface area contributed by atoms with E-state index in [-0.39, 0.29) is 355 Å². The molecule has 0 radical (unpaired) electrons. The molecule has 7 atom stereocenters. The SMILES string of the molecule is COC1=C2CCC3C4CC[C](=[W])C4(C)C[C@@H](O)C3C2(C)CCC1OC.[W].[W].[W].[W].[W].[W].[W].[W].[W].[W].[W].[W].[W].[W].[W].[W]. The summed E-state index contributed by atoms with van der Waals surface area (Å²) < 4.78 is 13.3. The van der Waals surface area contributed by atoms with Crippen LogP contribution in [0.5, 0.6) is 0 Å². The molecule has 1 N–H and O–H groups in total. The summed E-state index contributed by atoms with van der Waals surface area (Å²) in [6.07, 6.45) is 7.96. The van der Waals surface area contributed by atoms with Crippen LogP contribution in [-0.2, 0) is 366 Å². The number of aliphatic hydroxyl groups excluding tert-OH is 1. The zero-order valence-electron chi connectivity index (χ0n) is 22.5. The summed E-state index contributed by atoms with van der Waals surface area (Å²) in [5.41, 5.74) is 1.82. The second kappa shape index (κ2) is 40.7. The van der Waals surface area contributed by atoms with Crippen LogP contribution in [0.2, 0.25) is 0 Å². The van der Waals surface area contributed by atoms with Crippen molar-refractivity contribution in [1.82, 2.24) is 0 Å². The van der Waals surface area contributed by atoms with Gasteiger partial charge in [-0.25, -0.2) is 0 Å². The number of hydrogen-bond donors (Lipinski definition) is 1. The number of aliphatic hydroxyl groups is 1. The van der Waals surface area contributed by atoms with Gasteiger partial charge in [-0.15, -0.1) is 0 Å². The van der Waals surface area contributed by atoms with Crippen molar-refractivity contribution in [2.45, 2.75) is 71.0 Å². The quantitative estimate of drug-likeness (QED) is 0.461. The standard InChI is InChI=1S/C21H32O3.17W/c1-20-10-5-6-14(20)13-7-8-15-19(24-4)17(23-3)9-11-21(15,2)18(13)16(22)12-20;;;;;;;;;;;;;;;;;/h13-14,16-18,22H,5-9,11-12H2,1-4H3;;;;;;;;;;;;;;;;;/t13?,14?,16-,17?,18?,20?,21?;;;;;;;;;;;;;;;;;/m1................./s1. The molecule has 3 fully saturated rings. The topological polar surface area (TPSA) is 38.7 Å². The molecule has 4 aliphatic carbocycles. The first kappa shape index (κ1) is 88.9. The Morgan fingerprint density at radius 1 is 0.683 bits per heavy atom. The molecule has 0 aromatic carbocycles. The van der Waals surface area contributed by atoms with Gasteiger partial charge in [0.25, 0.3) is 0 Å². The summed E-state index contributed by atoms with van der Waals surface area (Å²) in [7, 11) is 3.58. The molecule has 0 spiro atoms. The zero-order valence-corrected chi connectivity index (χ0v) is 72.4. The molecule has 0 aliphatic heterocycles. The van der Waals surface area contributed by atoms with Crippen LogP contribution in [0.25, 0.3) is 0 Å². The largest absolute Gasteiger partial charge is 0 e. The van der Waals surface area contributed by atoms with Crippen molar-refractivity contribution in [3.8, 4) is 0 Å². The van der Waals surface area contributed by atoms with E-state index in [2.05, 4.69) is 13.8 Å². The summed E-state index contributed by atoms with van der Waals surface area (Å²) >= 11 is 1.65. The number of hydrogen-bond acceptors (Lipinski definition) is 3. The van der Waals surface area contributed by atoms with E-state index in [1.807, 2.05) is 0 Å². The fraction of sp³-hybridized carbons (Fsp3) is 0.857. The van der Waals surface area contributed by atoms with Crippen molar-refractivity contribution >= 4 is 3.90 Å². The minimum atomic E-state index is -0.184. The van der Waals surface area contributed by atoms with E-state index in [9.17, 15) is 5.11 Å². The minimum Gasteiger partial charge on any atom is 0 e. The molecular weight excluding hydrogens is 3430 g/mol. The van der Waals surface area contributed by atoms with Crippen LogP contribution in [0, 0.1) is 28.6 Å². The summed E-state index contributed by atoms with van der Waals surface area (Å²) in [4.78, 5) is 0. The number of methoxy groups -OCH3 is 2. The van der Waals surface area contributed by atoms with E-state index in [1.165, 1.54) is 24.8 Å². The Morgan fingerprint density at radius 3 is 1.56 bits per heavy atom. The number of ether oxygens (including phenoxy) is 2. The molecule has 0 bridgehead atoms. The Hall–Kier alpha value is 11.0. The van der Waals surface area contributed by atoms with Crippen molar-refractivity contribution in [3.63, 3.8) is 0 Å². The summed E-state index contributed by atoms with van der Waals surface area (Å²) in [6, 6.07) is 0. The average molecular weight is 3460 g/mol. The van der Waals surface area contributed by atoms with Gasteiger partial charge in [0.15, 0.2) is 0 Å². The maximum atomic E-state index is 11.3.